The number of thiophene rings is 1. The summed E-state index contributed by atoms with van der Waals surface area (Å²) in [4.78, 5) is 7.65. The van der Waals surface area contributed by atoms with E-state index in [4.69, 9.17) is 4.74 Å². The fourth-order valence-electron chi connectivity index (χ4n) is 2.47. The molecule has 0 saturated heterocycles. The summed E-state index contributed by atoms with van der Waals surface area (Å²) in [6.07, 6.45) is 0.139. The van der Waals surface area contributed by atoms with E-state index in [0.717, 1.165) is 11.4 Å². The molecule has 2 aromatic rings. The zero-order valence-electron chi connectivity index (χ0n) is 13.1. The fourth-order valence-corrected chi connectivity index (χ4v) is 3.17. The number of aliphatic imine (C=N–C) groups is 1. The summed E-state index contributed by atoms with van der Waals surface area (Å²) in [7, 11) is 0. The van der Waals surface area contributed by atoms with Crippen LogP contribution in [0.4, 0.5) is 5.69 Å². The number of aliphatic hydroxyl groups is 1. The quantitative estimate of drug-likeness (QED) is 0.884. The maximum atomic E-state index is 10.3. The molecule has 0 saturated carbocycles. The molecule has 5 nitrogen and oxygen atoms in total. The van der Waals surface area contributed by atoms with E-state index in [1.165, 1.54) is 4.88 Å². The first-order valence-electron chi connectivity index (χ1n) is 7.77. The summed E-state index contributed by atoms with van der Waals surface area (Å²) in [6, 6.07) is 11.9. The van der Waals surface area contributed by atoms with E-state index in [2.05, 4.69) is 16.4 Å². The van der Waals surface area contributed by atoms with Crippen molar-refractivity contribution in [1.29, 1.82) is 0 Å². The largest absolute Gasteiger partial charge is 0.494 e. The smallest absolute Gasteiger partial charge is 0.200 e. The monoisotopic (exact) mass is 331 g/mol. The lowest BCUT2D eigenvalue weighted by Crippen LogP contribution is -2.46. The predicted octanol–water partition coefficient (Wildman–Crippen LogP) is 3.14. The van der Waals surface area contributed by atoms with Crippen molar-refractivity contribution in [3.8, 4) is 5.75 Å². The topological polar surface area (TPSA) is 57.1 Å². The Morgan fingerprint density at radius 2 is 2.17 bits per heavy atom. The van der Waals surface area contributed by atoms with Gasteiger partial charge in [0.2, 0.25) is 5.96 Å². The van der Waals surface area contributed by atoms with Gasteiger partial charge in [0.05, 0.1) is 13.2 Å². The van der Waals surface area contributed by atoms with Crippen LogP contribution in [0.5, 0.6) is 5.75 Å². The van der Waals surface area contributed by atoms with Crippen LogP contribution in [0.15, 0.2) is 46.8 Å². The average molecular weight is 331 g/mol. The van der Waals surface area contributed by atoms with Crippen molar-refractivity contribution in [2.75, 3.05) is 18.5 Å². The second-order valence-electron chi connectivity index (χ2n) is 5.26. The van der Waals surface area contributed by atoms with E-state index in [9.17, 15) is 5.11 Å². The van der Waals surface area contributed by atoms with Crippen LogP contribution < -0.4 is 10.1 Å². The number of benzene rings is 1. The van der Waals surface area contributed by atoms with Gasteiger partial charge in [-0.05, 0) is 42.6 Å². The van der Waals surface area contributed by atoms with Gasteiger partial charge < -0.3 is 20.1 Å². The average Bonchev–Trinajstić information content (AvgIpc) is 3.06. The summed E-state index contributed by atoms with van der Waals surface area (Å²) in [5, 5.41) is 15.7. The molecule has 0 radical (unpaired) electrons. The lowest BCUT2D eigenvalue weighted by atomic mass is 10.2. The third-order valence-electron chi connectivity index (χ3n) is 3.61. The minimum Gasteiger partial charge on any atom is -0.494 e. The normalized spacial score (nSPS) is 17.7. The van der Waals surface area contributed by atoms with Gasteiger partial charge in [-0.15, -0.1) is 11.3 Å². The molecule has 1 aromatic heterocycles. The second kappa shape index (κ2) is 7.48. The Bertz CT molecular complexity index is 640. The van der Waals surface area contributed by atoms with Crippen molar-refractivity contribution in [2.24, 2.45) is 4.99 Å². The molecule has 6 heteroatoms. The highest BCUT2D eigenvalue weighted by Crippen LogP contribution is 2.20. The standard InChI is InChI=1S/C17H21N3O2S/c1-2-22-14-7-5-13(6-8-14)19-17-18-10-9-16(21)20(17)12-15-4-3-11-23-15/h3-8,11,16,21H,2,9-10,12H2,1H3,(H,18,19). The minimum absolute atomic E-state index is 0.514. The van der Waals surface area contributed by atoms with E-state index in [0.29, 0.717) is 32.1 Å². The number of nitrogens with zero attached hydrogens (tertiary/aromatic N) is 2. The van der Waals surface area contributed by atoms with Crippen molar-refractivity contribution in [1.82, 2.24) is 4.90 Å². The van der Waals surface area contributed by atoms with Crippen LogP contribution in [-0.2, 0) is 6.54 Å². The molecule has 0 spiro atoms. The minimum atomic E-state index is -0.514. The van der Waals surface area contributed by atoms with Crippen LogP contribution in [0.25, 0.3) is 0 Å². The van der Waals surface area contributed by atoms with Crippen LogP contribution in [0.3, 0.4) is 0 Å². The predicted molar refractivity (Wildman–Crippen MR) is 94.0 cm³/mol. The summed E-state index contributed by atoms with van der Waals surface area (Å²) in [5.74, 6) is 1.56. The van der Waals surface area contributed by atoms with Gasteiger partial charge in [0.1, 0.15) is 12.0 Å². The molecular formula is C17H21N3O2S. The van der Waals surface area contributed by atoms with Gasteiger partial charge in [-0.2, -0.15) is 0 Å². The zero-order chi connectivity index (χ0) is 16.1. The fraction of sp³-hybridized carbons (Fsp3) is 0.353. The third kappa shape index (κ3) is 4.03. The van der Waals surface area contributed by atoms with E-state index in [-0.39, 0.29) is 0 Å². The number of hydrogen-bond acceptors (Lipinski definition) is 6. The highest BCUT2D eigenvalue weighted by atomic mass is 32.1. The van der Waals surface area contributed by atoms with Crippen LogP contribution in [0, 0.1) is 0 Å². The third-order valence-corrected chi connectivity index (χ3v) is 4.47. The Labute approximate surface area is 140 Å². The molecule has 0 amide bonds. The molecule has 122 valence electrons. The maximum absolute atomic E-state index is 10.3. The highest BCUT2D eigenvalue weighted by Gasteiger charge is 2.24. The van der Waals surface area contributed by atoms with E-state index in [1.807, 2.05) is 47.5 Å². The molecule has 23 heavy (non-hydrogen) atoms. The zero-order valence-corrected chi connectivity index (χ0v) is 13.9. The molecule has 2 heterocycles. The van der Waals surface area contributed by atoms with Crippen LogP contribution in [0.1, 0.15) is 18.2 Å². The van der Waals surface area contributed by atoms with Crippen molar-refractivity contribution >= 4 is 23.0 Å². The molecule has 0 bridgehead atoms. The Kier molecular flexibility index (Phi) is 5.15. The Hall–Kier alpha value is -2.05. The number of rotatable bonds is 5. The number of nitrogens with one attached hydrogen (secondary N) is 1. The number of anilines is 1. The van der Waals surface area contributed by atoms with Crippen molar-refractivity contribution < 1.29 is 9.84 Å². The van der Waals surface area contributed by atoms with Gasteiger partial charge in [0, 0.05) is 23.5 Å². The first kappa shape index (κ1) is 15.8. The number of aliphatic hydroxyl groups excluding tert-OH is 1. The molecule has 1 aliphatic heterocycles. The van der Waals surface area contributed by atoms with Crippen molar-refractivity contribution in [3.63, 3.8) is 0 Å². The molecule has 1 aliphatic rings. The van der Waals surface area contributed by atoms with Crippen LogP contribution in [0.2, 0.25) is 0 Å². The van der Waals surface area contributed by atoms with Gasteiger partial charge >= 0.3 is 0 Å². The first-order valence-corrected chi connectivity index (χ1v) is 8.65. The SMILES string of the molecule is CCOc1ccc(NC2=NCCC(O)N2Cc2cccs2)cc1. The second-order valence-corrected chi connectivity index (χ2v) is 6.30. The first-order chi connectivity index (χ1) is 11.3. The van der Waals surface area contributed by atoms with Gasteiger partial charge in [0.15, 0.2) is 0 Å². The number of hydrogen-bond donors (Lipinski definition) is 2. The molecule has 2 N–H and O–H groups in total. The molecule has 1 aromatic carbocycles. The molecule has 0 fully saturated rings. The molecule has 3 rings (SSSR count). The lowest BCUT2D eigenvalue weighted by molar-refractivity contribution is 0.0372. The van der Waals surface area contributed by atoms with E-state index in [1.54, 1.807) is 11.3 Å². The van der Waals surface area contributed by atoms with Gasteiger partial charge in [-0.25, -0.2) is 0 Å². The molecule has 0 aliphatic carbocycles. The summed E-state index contributed by atoms with van der Waals surface area (Å²) >= 11 is 1.68. The van der Waals surface area contributed by atoms with Gasteiger partial charge in [-0.1, -0.05) is 6.07 Å². The Morgan fingerprint density at radius 3 is 2.87 bits per heavy atom. The Morgan fingerprint density at radius 1 is 1.35 bits per heavy atom. The number of guanidine groups is 1. The lowest BCUT2D eigenvalue weighted by Gasteiger charge is -2.33. The highest BCUT2D eigenvalue weighted by molar-refractivity contribution is 7.09. The maximum Gasteiger partial charge on any atom is 0.200 e. The van der Waals surface area contributed by atoms with Crippen LogP contribution >= 0.6 is 11.3 Å². The molecule has 1 atom stereocenters. The van der Waals surface area contributed by atoms with Gasteiger partial charge in [-0.3, -0.25) is 4.99 Å². The van der Waals surface area contributed by atoms with E-state index >= 15 is 0 Å². The summed E-state index contributed by atoms with van der Waals surface area (Å²) in [6.45, 7) is 3.90. The van der Waals surface area contributed by atoms with Gasteiger partial charge in [0.25, 0.3) is 0 Å². The van der Waals surface area contributed by atoms with Crippen molar-refractivity contribution in [2.45, 2.75) is 26.1 Å². The van der Waals surface area contributed by atoms with Crippen molar-refractivity contribution in [3.05, 3.63) is 46.7 Å². The summed E-state index contributed by atoms with van der Waals surface area (Å²) < 4.78 is 5.45. The van der Waals surface area contributed by atoms with Crippen LogP contribution in [-0.4, -0.2) is 35.3 Å². The van der Waals surface area contributed by atoms with E-state index < -0.39 is 6.23 Å². The molecule has 1 unspecified atom stereocenters. The Balaban J connectivity index is 1.72. The summed E-state index contributed by atoms with van der Waals surface area (Å²) in [5.41, 5.74) is 0.928. The number of ether oxygens (including phenoxy) is 1. The molecular weight excluding hydrogens is 310 g/mol.